The van der Waals surface area contributed by atoms with E-state index in [9.17, 15) is 58.2 Å². The van der Waals surface area contributed by atoms with E-state index in [1.54, 1.807) is 0 Å². The minimum atomic E-state index is -1.23. The molecule has 0 atom stereocenters. The van der Waals surface area contributed by atoms with Gasteiger partial charge in [-0.3, -0.25) is 70.0 Å². The van der Waals surface area contributed by atoms with Crippen LogP contribution < -0.4 is 43.8 Å². The number of aromatic nitrogens is 4. The van der Waals surface area contributed by atoms with Gasteiger partial charge in [0, 0.05) is 22.3 Å². The van der Waals surface area contributed by atoms with Gasteiger partial charge in [0.25, 0.3) is 34.7 Å². The molecule has 6 heterocycles. The Kier molecular flexibility index (Phi) is 5.95. The number of aromatic amines is 4. The minimum absolute atomic E-state index is 0.191. The quantitative estimate of drug-likeness (QED) is 0.0925. The molecule has 2 fully saturated rings. The van der Waals surface area contributed by atoms with Crippen molar-refractivity contribution in [1.82, 2.24) is 41.2 Å². The Hall–Kier alpha value is -7.78. The first-order valence-corrected chi connectivity index (χ1v) is 13.0. The van der Waals surface area contributed by atoms with Crippen molar-refractivity contribution in [2.24, 2.45) is 9.98 Å². The van der Waals surface area contributed by atoms with Crippen molar-refractivity contribution in [3.05, 3.63) is 98.3 Å². The van der Waals surface area contributed by atoms with E-state index in [1.165, 1.54) is 0 Å². The minimum Gasteiger partial charge on any atom is -0.494 e. The molecule has 0 aliphatic carbocycles. The molecule has 2 aromatic heterocycles. The van der Waals surface area contributed by atoms with Crippen molar-refractivity contribution in [3.63, 3.8) is 0 Å². The SMILES string of the molecule is O=C1NC(=O)C(=C2N=C(c3c(O)[nH]c(=O)[nH]c3=O)c3cc4c(cc32)C(c2c(O)[nH]c(=O)[nH]c2=O)=NC4=C2C(=O)NC(=O)NC2=O)C(=O)N1. The Morgan fingerprint density at radius 3 is 1.10 bits per heavy atom. The third kappa shape index (κ3) is 4.20. The molecule has 2 saturated heterocycles. The Labute approximate surface area is 259 Å². The van der Waals surface area contributed by atoms with Crippen molar-refractivity contribution in [3.8, 4) is 11.8 Å². The second-order valence-corrected chi connectivity index (χ2v) is 10.0. The van der Waals surface area contributed by atoms with Crippen molar-refractivity contribution in [1.29, 1.82) is 0 Å². The third-order valence-corrected chi connectivity index (χ3v) is 7.23. The molecule has 0 spiro atoms. The third-order valence-electron chi connectivity index (χ3n) is 7.23. The Balaban J connectivity index is 1.60. The number of aromatic hydroxyl groups is 2. The first-order chi connectivity index (χ1) is 22.7. The molecular formula is C26H12N10O12. The van der Waals surface area contributed by atoms with Crippen LogP contribution >= 0.6 is 0 Å². The molecule has 10 N–H and O–H groups in total. The molecule has 3 aromatic rings. The maximum Gasteiger partial charge on any atom is 0.328 e. The summed E-state index contributed by atoms with van der Waals surface area (Å²) in [6.45, 7) is 0. The Morgan fingerprint density at radius 2 is 0.792 bits per heavy atom. The maximum atomic E-state index is 12.9. The smallest absolute Gasteiger partial charge is 0.328 e. The van der Waals surface area contributed by atoms with Gasteiger partial charge in [-0.1, -0.05) is 0 Å². The fraction of sp³-hybridized carbons (Fsp3) is 0. The molecule has 0 saturated carbocycles. The number of imide groups is 4. The van der Waals surface area contributed by atoms with Gasteiger partial charge in [-0.25, -0.2) is 29.2 Å². The Bertz CT molecular complexity index is 2350. The number of nitrogens with one attached hydrogen (secondary N) is 8. The first-order valence-electron chi connectivity index (χ1n) is 13.0. The van der Waals surface area contributed by atoms with Crippen LogP contribution in [0.25, 0.3) is 11.4 Å². The summed E-state index contributed by atoms with van der Waals surface area (Å²) >= 11 is 0. The predicted molar refractivity (Wildman–Crippen MR) is 154 cm³/mol. The number of nitrogens with zero attached hydrogens (tertiary/aromatic N) is 2. The molecule has 0 unspecified atom stereocenters. The standard InChI is InChI=1S/C26H12N10O12/c37-15-7(16(38)30-23(45)29-15)11-3-1-4-6(2-5(3)13(27-11)9-19(41)33-25(47)34-20(9)42)14(10-21(43)35-26(48)36-22(10)44)28-12(4)8-17(39)31-24(46)32-18(8)40/h1-2H,(H2,29,30,37,38,45)(H3,31,32,39,40,46)(H3,33,34,41,42,47)(H2,35,36,43,44,48). The molecule has 0 bridgehead atoms. The van der Waals surface area contributed by atoms with Crippen LogP contribution in [0.15, 0.2) is 52.4 Å². The van der Waals surface area contributed by atoms with E-state index in [4.69, 9.17) is 0 Å². The monoisotopic (exact) mass is 656 g/mol. The normalized spacial score (nSPS) is 17.0. The zero-order chi connectivity index (χ0) is 34.3. The lowest BCUT2D eigenvalue weighted by Gasteiger charge is -2.17. The van der Waals surface area contributed by atoms with E-state index in [0.717, 1.165) is 12.1 Å². The summed E-state index contributed by atoms with van der Waals surface area (Å²) in [5.74, 6) is -6.94. The molecule has 22 heteroatoms. The topological polar surface area (TPSA) is 347 Å². The van der Waals surface area contributed by atoms with Crippen LogP contribution in [0.1, 0.15) is 33.4 Å². The van der Waals surface area contributed by atoms with Gasteiger partial charge in [0.05, 0.1) is 22.8 Å². The van der Waals surface area contributed by atoms with Crippen LogP contribution in [0.4, 0.5) is 9.59 Å². The van der Waals surface area contributed by atoms with Gasteiger partial charge in [-0.15, -0.1) is 0 Å². The molecule has 4 aliphatic heterocycles. The number of H-pyrrole nitrogens is 4. The summed E-state index contributed by atoms with van der Waals surface area (Å²) in [4.78, 5) is 141. The van der Waals surface area contributed by atoms with Crippen LogP contribution in [0, 0.1) is 0 Å². The van der Waals surface area contributed by atoms with Gasteiger partial charge in [0.2, 0.25) is 11.8 Å². The molecule has 7 rings (SSSR count). The van der Waals surface area contributed by atoms with E-state index >= 15 is 0 Å². The summed E-state index contributed by atoms with van der Waals surface area (Å²) < 4.78 is 0. The molecule has 48 heavy (non-hydrogen) atoms. The summed E-state index contributed by atoms with van der Waals surface area (Å²) in [7, 11) is 0. The van der Waals surface area contributed by atoms with Crippen LogP contribution in [0.5, 0.6) is 11.8 Å². The van der Waals surface area contributed by atoms with Gasteiger partial charge in [-0.05, 0) is 12.1 Å². The average Bonchev–Trinajstić information content (AvgIpc) is 3.48. The van der Waals surface area contributed by atoms with Gasteiger partial charge in [0.1, 0.15) is 22.3 Å². The van der Waals surface area contributed by atoms with Crippen molar-refractivity contribution < 1.29 is 39.0 Å². The molecule has 8 amide bonds. The van der Waals surface area contributed by atoms with Crippen LogP contribution in [0.2, 0.25) is 0 Å². The molecule has 238 valence electrons. The van der Waals surface area contributed by atoms with Crippen molar-refractivity contribution in [2.45, 2.75) is 0 Å². The number of benzene rings is 1. The van der Waals surface area contributed by atoms with Gasteiger partial charge in [-0.2, -0.15) is 0 Å². The molecule has 22 nitrogen and oxygen atoms in total. The van der Waals surface area contributed by atoms with E-state index in [0.29, 0.717) is 0 Å². The highest BCUT2D eigenvalue weighted by molar-refractivity contribution is 6.37. The number of fused-ring (bicyclic) bond motifs is 2. The summed E-state index contributed by atoms with van der Waals surface area (Å²) in [6.07, 6.45) is 0. The lowest BCUT2D eigenvalue weighted by Crippen LogP contribution is -2.51. The summed E-state index contributed by atoms with van der Waals surface area (Å²) in [5.41, 5.74) is -10.2. The molecule has 4 aliphatic rings. The van der Waals surface area contributed by atoms with E-state index in [-0.39, 0.29) is 22.3 Å². The number of rotatable bonds is 2. The van der Waals surface area contributed by atoms with E-state index in [1.807, 2.05) is 41.2 Å². The van der Waals surface area contributed by atoms with Gasteiger partial charge >= 0.3 is 23.4 Å². The first kappa shape index (κ1) is 29.0. The second kappa shape index (κ2) is 9.86. The van der Waals surface area contributed by atoms with Gasteiger partial charge < -0.3 is 10.2 Å². The molecular weight excluding hydrogens is 644 g/mol. The largest absolute Gasteiger partial charge is 0.494 e. The lowest BCUT2D eigenvalue weighted by molar-refractivity contribution is -0.125. The highest BCUT2D eigenvalue weighted by atomic mass is 16.3. The number of aliphatic imine (C=N–C) groups is 2. The van der Waals surface area contributed by atoms with Gasteiger partial charge in [0.15, 0.2) is 0 Å². The summed E-state index contributed by atoms with van der Waals surface area (Å²) in [5, 5.41) is 28.6. The fourth-order valence-electron chi connectivity index (χ4n) is 5.36. The number of carbonyl (C=O) groups is 6. The second-order valence-electron chi connectivity index (χ2n) is 10.0. The number of barbiturate groups is 2. The molecule has 0 radical (unpaired) electrons. The van der Waals surface area contributed by atoms with Crippen LogP contribution in [0.3, 0.4) is 0 Å². The highest BCUT2D eigenvalue weighted by Gasteiger charge is 2.41. The van der Waals surface area contributed by atoms with E-state index in [2.05, 4.69) is 9.98 Å². The number of carbonyl (C=O) groups excluding carboxylic acids is 6. The number of hydrogen-bond donors (Lipinski definition) is 10. The predicted octanol–water partition coefficient (Wildman–Crippen LogP) is -4.29. The Morgan fingerprint density at radius 1 is 0.458 bits per heavy atom. The van der Waals surface area contributed by atoms with E-state index < -0.39 is 115 Å². The average molecular weight is 656 g/mol. The maximum absolute atomic E-state index is 12.9. The highest BCUT2D eigenvalue weighted by Crippen LogP contribution is 2.42. The van der Waals surface area contributed by atoms with Crippen molar-refractivity contribution in [2.75, 3.05) is 0 Å². The van der Waals surface area contributed by atoms with Crippen LogP contribution in [-0.4, -0.2) is 77.3 Å². The molecule has 1 aromatic carbocycles. The zero-order valence-corrected chi connectivity index (χ0v) is 23.0. The number of hydrogen-bond acceptors (Lipinski definition) is 14. The fourth-order valence-corrected chi connectivity index (χ4v) is 5.36. The zero-order valence-electron chi connectivity index (χ0n) is 23.0. The summed E-state index contributed by atoms with van der Waals surface area (Å²) in [6, 6.07) is -0.0855. The van der Waals surface area contributed by atoms with Crippen LogP contribution in [-0.2, 0) is 19.2 Å². The van der Waals surface area contributed by atoms with Crippen molar-refractivity contribution >= 4 is 58.5 Å². The lowest BCUT2D eigenvalue weighted by atomic mass is 9.89. The number of urea groups is 2. The number of amides is 8.